The Morgan fingerprint density at radius 1 is 1.04 bits per heavy atom. The molecule has 0 aliphatic heterocycles. The van der Waals surface area contributed by atoms with Gasteiger partial charge in [0, 0.05) is 11.3 Å². The van der Waals surface area contributed by atoms with Gasteiger partial charge in [-0.25, -0.2) is 0 Å². The van der Waals surface area contributed by atoms with Gasteiger partial charge in [-0.2, -0.15) is 0 Å². The molecule has 0 aliphatic carbocycles. The molecule has 0 unspecified atom stereocenters. The molecule has 0 heterocycles. The topological polar surface area (TPSA) is 55.1 Å². The SMILES string of the molecule is Nc1ccccc1NC(=O)CCCCCSc1ccccc1Cl. The maximum Gasteiger partial charge on any atom is 0.224 e. The summed E-state index contributed by atoms with van der Waals surface area (Å²) in [6.07, 6.45) is 3.48. The first kappa shape index (κ1) is 17.7. The van der Waals surface area contributed by atoms with E-state index in [1.165, 1.54) is 0 Å². The quantitative estimate of drug-likeness (QED) is 0.391. The van der Waals surface area contributed by atoms with Crippen molar-refractivity contribution in [2.45, 2.75) is 30.6 Å². The highest BCUT2D eigenvalue weighted by Crippen LogP contribution is 2.27. The third-order valence-corrected chi connectivity index (χ3v) is 4.98. The van der Waals surface area contributed by atoms with Crippen LogP contribution >= 0.6 is 23.4 Å². The van der Waals surface area contributed by atoms with Crippen LogP contribution in [0.5, 0.6) is 0 Å². The van der Waals surface area contributed by atoms with Crippen LogP contribution in [0.2, 0.25) is 5.02 Å². The van der Waals surface area contributed by atoms with Gasteiger partial charge in [0.15, 0.2) is 0 Å². The first-order valence-corrected chi connectivity index (χ1v) is 9.05. The van der Waals surface area contributed by atoms with Crippen molar-refractivity contribution >= 4 is 40.6 Å². The Bertz CT molecular complexity index is 648. The highest BCUT2D eigenvalue weighted by Gasteiger charge is 2.04. The lowest BCUT2D eigenvalue weighted by Crippen LogP contribution is -2.12. The van der Waals surface area contributed by atoms with Gasteiger partial charge in [0.1, 0.15) is 0 Å². The van der Waals surface area contributed by atoms with Crippen molar-refractivity contribution in [1.29, 1.82) is 0 Å². The number of nitrogen functional groups attached to an aromatic ring is 1. The fourth-order valence-corrected chi connectivity index (χ4v) is 3.38. The molecule has 0 saturated heterocycles. The zero-order valence-corrected chi connectivity index (χ0v) is 14.5. The van der Waals surface area contributed by atoms with Crippen LogP contribution in [0.25, 0.3) is 0 Å². The van der Waals surface area contributed by atoms with E-state index in [0.717, 1.165) is 34.9 Å². The number of carbonyl (C=O) groups is 1. The molecule has 0 aliphatic rings. The fraction of sp³-hybridized carbons (Fsp3) is 0.278. The van der Waals surface area contributed by atoms with Gasteiger partial charge in [0.2, 0.25) is 5.91 Å². The molecule has 2 rings (SSSR count). The second kappa shape index (κ2) is 9.48. The number of nitrogens with two attached hydrogens (primary N) is 1. The molecule has 1 amide bonds. The number of hydrogen-bond acceptors (Lipinski definition) is 3. The Balaban J connectivity index is 1.59. The smallest absolute Gasteiger partial charge is 0.224 e. The lowest BCUT2D eigenvalue weighted by molar-refractivity contribution is -0.116. The molecule has 122 valence electrons. The van der Waals surface area contributed by atoms with Crippen molar-refractivity contribution < 1.29 is 4.79 Å². The monoisotopic (exact) mass is 348 g/mol. The van der Waals surface area contributed by atoms with Crippen molar-refractivity contribution in [2.75, 3.05) is 16.8 Å². The van der Waals surface area contributed by atoms with Crippen molar-refractivity contribution in [1.82, 2.24) is 0 Å². The average Bonchev–Trinajstić information content (AvgIpc) is 2.54. The Morgan fingerprint density at radius 3 is 2.57 bits per heavy atom. The van der Waals surface area contributed by atoms with Crippen LogP contribution < -0.4 is 11.1 Å². The summed E-state index contributed by atoms with van der Waals surface area (Å²) in [4.78, 5) is 13.0. The number of rotatable bonds is 8. The summed E-state index contributed by atoms with van der Waals surface area (Å²) in [6, 6.07) is 15.2. The summed E-state index contributed by atoms with van der Waals surface area (Å²) in [7, 11) is 0. The molecule has 3 nitrogen and oxygen atoms in total. The van der Waals surface area contributed by atoms with E-state index in [1.807, 2.05) is 42.5 Å². The number of nitrogens with one attached hydrogen (secondary N) is 1. The van der Waals surface area contributed by atoms with Gasteiger partial charge in [0.25, 0.3) is 0 Å². The zero-order chi connectivity index (χ0) is 16.5. The standard InChI is InChI=1S/C18H21ClN2OS/c19-14-8-3-6-11-17(14)23-13-7-1-2-12-18(22)21-16-10-5-4-9-15(16)20/h3-6,8-11H,1-2,7,12-13,20H2,(H,21,22). The molecule has 5 heteroatoms. The van der Waals surface area contributed by atoms with E-state index in [-0.39, 0.29) is 5.91 Å². The second-order valence-corrected chi connectivity index (χ2v) is 6.77. The van der Waals surface area contributed by atoms with Crippen LogP contribution in [-0.4, -0.2) is 11.7 Å². The lowest BCUT2D eigenvalue weighted by atomic mass is 10.2. The Morgan fingerprint density at radius 2 is 1.78 bits per heavy atom. The van der Waals surface area contributed by atoms with Crippen LogP contribution in [-0.2, 0) is 4.79 Å². The maximum atomic E-state index is 11.9. The molecule has 0 aromatic heterocycles. The normalized spacial score (nSPS) is 10.5. The van der Waals surface area contributed by atoms with Crippen molar-refractivity contribution in [3.05, 3.63) is 53.6 Å². The van der Waals surface area contributed by atoms with Crippen molar-refractivity contribution in [3.8, 4) is 0 Å². The van der Waals surface area contributed by atoms with Crippen molar-refractivity contribution in [2.24, 2.45) is 0 Å². The number of hydrogen-bond donors (Lipinski definition) is 2. The van der Waals surface area contributed by atoms with E-state index in [9.17, 15) is 4.79 Å². The highest BCUT2D eigenvalue weighted by atomic mass is 35.5. The van der Waals surface area contributed by atoms with Crippen LogP contribution in [0.1, 0.15) is 25.7 Å². The summed E-state index contributed by atoms with van der Waals surface area (Å²) in [5.41, 5.74) is 7.08. The van der Waals surface area contributed by atoms with E-state index < -0.39 is 0 Å². The number of unbranched alkanes of at least 4 members (excludes halogenated alkanes) is 2. The van der Waals surface area contributed by atoms with Crippen LogP contribution in [0.3, 0.4) is 0 Å². The molecule has 0 atom stereocenters. The zero-order valence-electron chi connectivity index (χ0n) is 12.9. The molecule has 2 aromatic rings. The Hall–Kier alpha value is -1.65. The molecule has 23 heavy (non-hydrogen) atoms. The summed E-state index contributed by atoms with van der Waals surface area (Å²) in [5.74, 6) is 1.03. The van der Waals surface area contributed by atoms with E-state index in [2.05, 4.69) is 5.32 Å². The van der Waals surface area contributed by atoms with Gasteiger partial charge < -0.3 is 11.1 Å². The third kappa shape index (κ3) is 6.16. The molecule has 2 aromatic carbocycles. The summed E-state index contributed by atoms with van der Waals surface area (Å²) in [6.45, 7) is 0. The minimum atomic E-state index is 0.0154. The molecule has 0 bridgehead atoms. The predicted octanol–water partition coefficient (Wildman–Crippen LogP) is 5.21. The molecule has 0 fully saturated rings. The summed E-state index contributed by atoms with van der Waals surface area (Å²) < 4.78 is 0. The minimum Gasteiger partial charge on any atom is -0.397 e. The van der Waals surface area contributed by atoms with E-state index in [0.29, 0.717) is 17.8 Å². The minimum absolute atomic E-state index is 0.0154. The van der Waals surface area contributed by atoms with Crippen LogP contribution in [0, 0.1) is 0 Å². The average molecular weight is 349 g/mol. The first-order valence-electron chi connectivity index (χ1n) is 7.68. The fourth-order valence-electron chi connectivity index (χ4n) is 2.13. The van der Waals surface area contributed by atoms with Crippen LogP contribution in [0.15, 0.2) is 53.4 Å². The molecule has 0 saturated carbocycles. The van der Waals surface area contributed by atoms with Gasteiger partial charge in [0.05, 0.1) is 16.4 Å². The van der Waals surface area contributed by atoms with Gasteiger partial charge in [-0.05, 0) is 42.9 Å². The van der Waals surface area contributed by atoms with Gasteiger partial charge in [-0.1, -0.05) is 42.3 Å². The maximum absolute atomic E-state index is 11.9. The predicted molar refractivity (Wildman–Crippen MR) is 100 cm³/mol. The number of thioether (sulfide) groups is 1. The number of anilines is 2. The molecule has 3 N–H and O–H groups in total. The number of carbonyl (C=O) groups excluding carboxylic acids is 1. The number of para-hydroxylation sites is 2. The molecule has 0 radical (unpaired) electrons. The van der Waals surface area contributed by atoms with E-state index in [1.54, 1.807) is 17.8 Å². The Kier molecular flexibility index (Phi) is 7.30. The molecule has 0 spiro atoms. The second-order valence-electron chi connectivity index (χ2n) is 5.22. The summed E-state index contributed by atoms with van der Waals surface area (Å²) >= 11 is 7.87. The number of halogens is 1. The van der Waals surface area contributed by atoms with E-state index >= 15 is 0 Å². The van der Waals surface area contributed by atoms with Gasteiger partial charge in [-0.3, -0.25) is 4.79 Å². The van der Waals surface area contributed by atoms with Gasteiger partial charge in [-0.15, -0.1) is 11.8 Å². The van der Waals surface area contributed by atoms with E-state index in [4.69, 9.17) is 17.3 Å². The largest absolute Gasteiger partial charge is 0.397 e. The summed E-state index contributed by atoms with van der Waals surface area (Å²) in [5, 5.41) is 3.65. The third-order valence-electron chi connectivity index (χ3n) is 3.38. The number of benzene rings is 2. The lowest BCUT2D eigenvalue weighted by Gasteiger charge is -2.07. The Labute approximate surface area is 146 Å². The van der Waals surface area contributed by atoms with Crippen LogP contribution in [0.4, 0.5) is 11.4 Å². The number of amides is 1. The highest BCUT2D eigenvalue weighted by molar-refractivity contribution is 7.99. The molecular weight excluding hydrogens is 328 g/mol. The van der Waals surface area contributed by atoms with Gasteiger partial charge >= 0.3 is 0 Å². The first-order chi connectivity index (χ1) is 11.2. The van der Waals surface area contributed by atoms with Crippen molar-refractivity contribution in [3.63, 3.8) is 0 Å². The molecular formula is C18H21ClN2OS.